The predicted octanol–water partition coefficient (Wildman–Crippen LogP) is 4.36. The zero-order valence-corrected chi connectivity index (χ0v) is 11.0. The highest BCUT2D eigenvalue weighted by Gasteiger charge is 2.22. The second-order valence-electron chi connectivity index (χ2n) is 5.25. The Hall–Kier alpha value is -1.91. The number of benzene rings is 1. The van der Waals surface area contributed by atoms with Crippen LogP contribution >= 0.6 is 0 Å². The van der Waals surface area contributed by atoms with Gasteiger partial charge in [0.15, 0.2) is 0 Å². The van der Waals surface area contributed by atoms with Crippen LogP contribution in [0.25, 0.3) is 10.9 Å². The molecule has 0 atom stereocenters. The van der Waals surface area contributed by atoms with Gasteiger partial charge in [0.1, 0.15) is 5.60 Å². The summed E-state index contributed by atoms with van der Waals surface area (Å²) in [5.41, 5.74) is -0.645. The van der Waals surface area contributed by atoms with Gasteiger partial charge < -0.3 is 4.74 Å². The topological polar surface area (TPSA) is 31.2 Å². The highest BCUT2D eigenvalue weighted by atomic mass is 19.3. The van der Waals surface area contributed by atoms with Gasteiger partial charge in [-0.25, -0.2) is 13.6 Å². The number of ether oxygens (including phenoxy) is 1. The Balaban J connectivity index is 2.53. The van der Waals surface area contributed by atoms with Crippen LogP contribution in [0.5, 0.6) is 0 Å². The van der Waals surface area contributed by atoms with Gasteiger partial charge in [-0.05, 0) is 26.8 Å². The summed E-state index contributed by atoms with van der Waals surface area (Å²) in [7, 11) is 0. The fraction of sp³-hybridized carbons (Fsp3) is 0.357. The lowest BCUT2D eigenvalue weighted by Gasteiger charge is -2.20. The van der Waals surface area contributed by atoms with Crippen molar-refractivity contribution in [2.45, 2.75) is 32.8 Å². The number of hydrogen-bond donors (Lipinski definition) is 0. The number of hydrogen-bond acceptors (Lipinski definition) is 2. The SMILES string of the molecule is CC(C)(C)OC(=O)n1ccc2cccc(C(F)F)c21. The van der Waals surface area contributed by atoms with E-state index in [1.807, 2.05) is 0 Å². The maximum Gasteiger partial charge on any atom is 0.419 e. The smallest absolute Gasteiger partial charge is 0.419 e. The van der Waals surface area contributed by atoms with Gasteiger partial charge in [-0.3, -0.25) is 4.57 Å². The molecule has 0 N–H and O–H groups in total. The molecule has 0 unspecified atom stereocenters. The Morgan fingerprint density at radius 3 is 2.53 bits per heavy atom. The van der Waals surface area contributed by atoms with E-state index in [1.54, 1.807) is 39.0 Å². The van der Waals surface area contributed by atoms with Crippen molar-refractivity contribution >= 4 is 17.0 Å². The Morgan fingerprint density at radius 1 is 1.26 bits per heavy atom. The summed E-state index contributed by atoms with van der Waals surface area (Å²) in [6.07, 6.45) is -1.85. The van der Waals surface area contributed by atoms with E-state index in [0.717, 1.165) is 4.57 Å². The molecule has 1 heterocycles. The van der Waals surface area contributed by atoms with Gasteiger partial charge in [0.05, 0.1) is 5.52 Å². The Morgan fingerprint density at radius 2 is 1.95 bits per heavy atom. The number of halogens is 2. The van der Waals surface area contributed by atoms with Gasteiger partial charge in [-0.15, -0.1) is 0 Å². The number of alkyl halides is 2. The lowest BCUT2D eigenvalue weighted by molar-refractivity contribution is 0.0543. The lowest BCUT2D eigenvalue weighted by Crippen LogP contribution is -2.26. The summed E-state index contributed by atoms with van der Waals surface area (Å²) in [6.45, 7) is 5.18. The van der Waals surface area contributed by atoms with E-state index in [1.165, 1.54) is 12.3 Å². The summed E-state index contributed by atoms with van der Waals surface area (Å²) >= 11 is 0. The molecule has 102 valence electrons. The van der Waals surface area contributed by atoms with E-state index < -0.39 is 18.1 Å². The molecule has 0 saturated heterocycles. The van der Waals surface area contributed by atoms with Crippen molar-refractivity contribution in [2.75, 3.05) is 0 Å². The molecule has 0 spiro atoms. The van der Waals surface area contributed by atoms with Gasteiger partial charge in [0.2, 0.25) is 0 Å². The molecule has 0 radical (unpaired) electrons. The maximum absolute atomic E-state index is 13.0. The second-order valence-corrected chi connectivity index (χ2v) is 5.25. The summed E-state index contributed by atoms with van der Waals surface area (Å²) in [5.74, 6) is 0. The van der Waals surface area contributed by atoms with E-state index >= 15 is 0 Å². The number of carbonyl (C=O) groups is 1. The minimum absolute atomic E-state index is 0.173. The molecule has 2 rings (SSSR count). The van der Waals surface area contributed by atoms with Crippen LogP contribution in [0.2, 0.25) is 0 Å². The van der Waals surface area contributed by atoms with Crippen LogP contribution in [-0.2, 0) is 4.74 Å². The van der Waals surface area contributed by atoms with Crippen LogP contribution in [0.15, 0.2) is 30.5 Å². The van der Waals surface area contributed by atoms with E-state index in [2.05, 4.69) is 0 Å². The van der Waals surface area contributed by atoms with E-state index in [-0.39, 0.29) is 11.1 Å². The molecule has 0 aliphatic heterocycles. The molecule has 3 nitrogen and oxygen atoms in total. The largest absolute Gasteiger partial charge is 0.443 e. The van der Waals surface area contributed by atoms with Gasteiger partial charge in [-0.1, -0.05) is 18.2 Å². The molecule has 1 aromatic heterocycles. The van der Waals surface area contributed by atoms with Gasteiger partial charge >= 0.3 is 6.09 Å². The van der Waals surface area contributed by atoms with Gasteiger partial charge in [-0.2, -0.15) is 0 Å². The first-order chi connectivity index (χ1) is 8.79. The highest BCUT2D eigenvalue weighted by Crippen LogP contribution is 2.29. The first-order valence-electron chi connectivity index (χ1n) is 5.91. The molecule has 0 aliphatic carbocycles. The van der Waals surface area contributed by atoms with E-state index in [9.17, 15) is 13.6 Å². The number of para-hydroxylation sites is 1. The summed E-state index contributed by atoms with van der Waals surface area (Å²) in [5, 5.41) is 0.587. The Kier molecular flexibility index (Phi) is 3.30. The number of rotatable bonds is 1. The molecule has 0 saturated carbocycles. The number of fused-ring (bicyclic) bond motifs is 1. The number of aromatic nitrogens is 1. The fourth-order valence-electron chi connectivity index (χ4n) is 1.86. The standard InChI is InChI=1S/C14H15F2NO2/c1-14(2,3)19-13(18)17-8-7-9-5-4-6-10(11(9)17)12(15)16/h4-8,12H,1-3H3. The van der Waals surface area contributed by atoms with Crippen molar-refractivity contribution in [1.29, 1.82) is 0 Å². The average molecular weight is 267 g/mol. The number of nitrogens with zero attached hydrogens (tertiary/aromatic N) is 1. The predicted molar refractivity (Wildman–Crippen MR) is 68.5 cm³/mol. The Labute approximate surface area is 109 Å². The van der Waals surface area contributed by atoms with Crippen molar-refractivity contribution in [3.63, 3.8) is 0 Å². The summed E-state index contributed by atoms with van der Waals surface area (Å²) in [4.78, 5) is 12.0. The van der Waals surface area contributed by atoms with Crippen LogP contribution in [0.1, 0.15) is 32.8 Å². The van der Waals surface area contributed by atoms with Crippen LogP contribution in [0, 0.1) is 0 Å². The summed E-state index contributed by atoms with van der Waals surface area (Å²) in [6, 6.07) is 6.16. The minimum atomic E-state index is -2.64. The van der Waals surface area contributed by atoms with Crippen LogP contribution in [0.4, 0.5) is 13.6 Å². The quantitative estimate of drug-likeness (QED) is 0.768. The normalized spacial score (nSPS) is 12.1. The van der Waals surface area contributed by atoms with E-state index in [0.29, 0.717) is 5.39 Å². The van der Waals surface area contributed by atoms with Crippen molar-refractivity contribution in [3.05, 3.63) is 36.0 Å². The maximum atomic E-state index is 13.0. The molecule has 1 aromatic carbocycles. The van der Waals surface area contributed by atoms with Crippen molar-refractivity contribution in [2.24, 2.45) is 0 Å². The van der Waals surface area contributed by atoms with Crippen molar-refractivity contribution in [3.8, 4) is 0 Å². The molecule has 2 aromatic rings. The third-order valence-corrected chi connectivity index (χ3v) is 2.57. The monoisotopic (exact) mass is 267 g/mol. The molecule has 0 fully saturated rings. The van der Waals surface area contributed by atoms with Crippen molar-refractivity contribution in [1.82, 2.24) is 4.57 Å². The van der Waals surface area contributed by atoms with Gasteiger partial charge in [0, 0.05) is 17.1 Å². The molecule has 5 heteroatoms. The molecule has 0 aliphatic rings. The first-order valence-corrected chi connectivity index (χ1v) is 5.91. The summed E-state index contributed by atoms with van der Waals surface area (Å²) < 4.78 is 32.3. The van der Waals surface area contributed by atoms with Crippen LogP contribution < -0.4 is 0 Å². The van der Waals surface area contributed by atoms with Crippen LogP contribution in [-0.4, -0.2) is 16.3 Å². The minimum Gasteiger partial charge on any atom is -0.443 e. The highest BCUT2D eigenvalue weighted by molar-refractivity contribution is 5.91. The molecule has 0 amide bonds. The van der Waals surface area contributed by atoms with Crippen molar-refractivity contribution < 1.29 is 18.3 Å². The zero-order chi connectivity index (χ0) is 14.2. The first kappa shape index (κ1) is 13.5. The second kappa shape index (κ2) is 4.64. The third-order valence-electron chi connectivity index (χ3n) is 2.57. The average Bonchev–Trinajstić information content (AvgIpc) is 2.69. The molecular formula is C14H15F2NO2. The molecule has 19 heavy (non-hydrogen) atoms. The Bertz CT molecular complexity index is 611. The fourth-order valence-corrected chi connectivity index (χ4v) is 1.86. The molecule has 0 bridgehead atoms. The van der Waals surface area contributed by atoms with E-state index in [4.69, 9.17) is 4.74 Å². The zero-order valence-electron chi connectivity index (χ0n) is 11.0. The molecular weight excluding hydrogens is 252 g/mol. The number of carbonyl (C=O) groups excluding carboxylic acids is 1. The lowest BCUT2D eigenvalue weighted by atomic mass is 10.1. The van der Waals surface area contributed by atoms with Gasteiger partial charge in [0.25, 0.3) is 6.43 Å². The third kappa shape index (κ3) is 2.75. The van der Waals surface area contributed by atoms with Crippen LogP contribution in [0.3, 0.4) is 0 Å².